The topological polar surface area (TPSA) is 21.3 Å². The Morgan fingerprint density at radius 2 is 1.58 bits per heavy atom. The predicted octanol–water partition coefficient (Wildman–Crippen LogP) is 5.37. The van der Waals surface area contributed by atoms with Crippen LogP contribution >= 0.6 is 0 Å². The molecule has 0 spiro atoms. The van der Waals surface area contributed by atoms with Gasteiger partial charge in [-0.15, -0.1) is 0 Å². The number of methoxy groups -OCH3 is 1. The first-order valence-electron chi connectivity index (χ1n) is 7.98. The van der Waals surface area contributed by atoms with Gasteiger partial charge >= 0.3 is 0 Å². The van der Waals surface area contributed by atoms with Gasteiger partial charge in [-0.1, -0.05) is 67.2 Å². The van der Waals surface area contributed by atoms with Crippen molar-refractivity contribution in [2.75, 3.05) is 12.4 Å². The lowest BCUT2D eigenvalue weighted by atomic mass is 9.97. The second-order valence-electron chi connectivity index (χ2n) is 5.60. The summed E-state index contributed by atoms with van der Waals surface area (Å²) in [4.78, 5) is 0. The molecule has 0 atom stereocenters. The van der Waals surface area contributed by atoms with Crippen molar-refractivity contribution < 1.29 is 4.74 Å². The Labute approximate surface area is 143 Å². The molecule has 0 unspecified atom stereocenters. The lowest BCUT2D eigenvalue weighted by Gasteiger charge is -2.16. The third kappa shape index (κ3) is 3.66. The van der Waals surface area contributed by atoms with Gasteiger partial charge in [0.25, 0.3) is 0 Å². The molecule has 0 aromatic heterocycles. The number of ether oxygens (including phenoxy) is 1. The van der Waals surface area contributed by atoms with Crippen LogP contribution in [0.3, 0.4) is 0 Å². The molecule has 3 rings (SSSR count). The number of hydrogen-bond donors (Lipinski definition) is 1. The highest BCUT2D eigenvalue weighted by Gasteiger charge is 2.10. The fourth-order valence-electron chi connectivity index (χ4n) is 2.64. The average molecular weight is 315 g/mol. The van der Waals surface area contributed by atoms with E-state index in [-0.39, 0.29) is 0 Å². The van der Waals surface area contributed by atoms with Crippen LogP contribution in [0.15, 0.2) is 85.4 Å². The summed E-state index contributed by atoms with van der Waals surface area (Å²) in [5.74, 6) is 0.826. The molecule has 0 saturated heterocycles. The fraction of sp³-hybridized carbons (Fsp3) is 0.0909. The van der Waals surface area contributed by atoms with E-state index < -0.39 is 0 Å². The highest BCUT2D eigenvalue weighted by Crippen LogP contribution is 2.31. The summed E-state index contributed by atoms with van der Waals surface area (Å²) in [5, 5.41) is 3.52. The largest absolute Gasteiger partial charge is 0.497 e. The van der Waals surface area contributed by atoms with Crippen LogP contribution in [0.2, 0.25) is 0 Å². The first-order chi connectivity index (χ1) is 11.8. The Balaban J connectivity index is 1.90. The molecular formula is C22H21NO. The number of benzene rings is 3. The zero-order valence-electron chi connectivity index (χ0n) is 13.8. The van der Waals surface area contributed by atoms with Crippen LogP contribution in [0.1, 0.15) is 16.7 Å². The maximum Gasteiger partial charge on any atom is 0.119 e. The van der Waals surface area contributed by atoms with Crippen LogP contribution in [-0.4, -0.2) is 7.11 Å². The van der Waals surface area contributed by atoms with Gasteiger partial charge in [0.2, 0.25) is 0 Å². The molecule has 0 aliphatic carbocycles. The lowest BCUT2D eigenvalue weighted by Crippen LogP contribution is -2.03. The molecule has 120 valence electrons. The van der Waals surface area contributed by atoms with Crippen LogP contribution in [0.25, 0.3) is 5.57 Å². The van der Waals surface area contributed by atoms with E-state index in [9.17, 15) is 0 Å². The zero-order chi connectivity index (χ0) is 16.8. The lowest BCUT2D eigenvalue weighted by molar-refractivity contribution is 0.414. The van der Waals surface area contributed by atoms with E-state index >= 15 is 0 Å². The molecule has 0 aliphatic rings. The van der Waals surface area contributed by atoms with Gasteiger partial charge in [-0.05, 0) is 34.9 Å². The first-order valence-corrected chi connectivity index (χ1v) is 7.98. The Morgan fingerprint density at radius 3 is 2.25 bits per heavy atom. The van der Waals surface area contributed by atoms with Crippen LogP contribution < -0.4 is 10.1 Å². The molecule has 0 amide bonds. The van der Waals surface area contributed by atoms with Crippen molar-refractivity contribution in [3.63, 3.8) is 0 Å². The van der Waals surface area contributed by atoms with Crippen molar-refractivity contribution in [1.82, 2.24) is 0 Å². The summed E-state index contributed by atoms with van der Waals surface area (Å²) < 4.78 is 5.39. The molecule has 3 aromatic rings. The molecule has 3 aromatic carbocycles. The minimum atomic E-state index is 0.766. The van der Waals surface area contributed by atoms with Crippen molar-refractivity contribution in [1.29, 1.82) is 0 Å². The second kappa shape index (κ2) is 7.51. The van der Waals surface area contributed by atoms with E-state index in [0.29, 0.717) is 0 Å². The molecule has 2 nitrogen and oxygen atoms in total. The van der Waals surface area contributed by atoms with Gasteiger partial charge in [0, 0.05) is 17.8 Å². The van der Waals surface area contributed by atoms with Crippen molar-refractivity contribution in [3.05, 3.63) is 102 Å². The third-order valence-electron chi connectivity index (χ3n) is 4.00. The minimum Gasteiger partial charge on any atom is -0.497 e. The molecule has 0 aliphatic heterocycles. The molecule has 0 bridgehead atoms. The van der Waals surface area contributed by atoms with Crippen LogP contribution in [0, 0.1) is 0 Å². The van der Waals surface area contributed by atoms with Gasteiger partial charge in [0.05, 0.1) is 7.11 Å². The van der Waals surface area contributed by atoms with Gasteiger partial charge in [0.1, 0.15) is 5.75 Å². The molecule has 0 heterocycles. The van der Waals surface area contributed by atoms with Gasteiger partial charge in [0.15, 0.2) is 0 Å². The fourth-order valence-corrected chi connectivity index (χ4v) is 2.64. The van der Waals surface area contributed by atoms with Crippen molar-refractivity contribution in [2.24, 2.45) is 0 Å². The number of anilines is 1. The molecule has 0 radical (unpaired) electrons. The molecule has 1 N–H and O–H groups in total. The number of hydrogen-bond acceptors (Lipinski definition) is 2. The molecule has 0 fully saturated rings. The van der Waals surface area contributed by atoms with E-state index in [1.54, 1.807) is 7.11 Å². The smallest absolute Gasteiger partial charge is 0.119 e. The zero-order valence-corrected chi connectivity index (χ0v) is 13.8. The predicted molar refractivity (Wildman–Crippen MR) is 101 cm³/mol. The Morgan fingerprint density at radius 1 is 0.917 bits per heavy atom. The van der Waals surface area contributed by atoms with E-state index in [0.717, 1.165) is 34.7 Å². The standard InChI is InChI=1S/C22H21NO/c1-17(19-11-7-4-8-12-19)21-15-20(24-2)13-14-22(21)23-16-18-9-5-3-6-10-18/h3-15,23H,1,16H2,2H3. The molecule has 0 saturated carbocycles. The van der Waals surface area contributed by atoms with Gasteiger partial charge in [-0.3, -0.25) is 0 Å². The van der Waals surface area contributed by atoms with Crippen LogP contribution in [0.5, 0.6) is 5.75 Å². The summed E-state index contributed by atoms with van der Waals surface area (Å²) in [6, 6.07) is 26.6. The highest BCUT2D eigenvalue weighted by molar-refractivity contribution is 5.85. The Hall–Kier alpha value is -3.00. The summed E-state index contributed by atoms with van der Waals surface area (Å²) >= 11 is 0. The maximum atomic E-state index is 5.39. The van der Waals surface area contributed by atoms with Crippen molar-refractivity contribution >= 4 is 11.3 Å². The van der Waals surface area contributed by atoms with E-state index in [1.165, 1.54) is 5.56 Å². The van der Waals surface area contributed by atoms with Crippen molar-refractivity contribution in [2.45, 2.75) is 6.54 Å². The molecular weight excluding hydrogens is 294 g/mol. The first kappa shape index (κ1) is 15.9. The van der Waals surface area contributed by atoms with Gasteiger partial charge in [-0.2, -0.15) is 0 Å². The monoisotopic (exact) mass is 315 g/mol. The summed E-state index contributed by atoms with van der Waals surface area (Å²) in [6.07, 6.45) is 0. The van der Waals surface area contributed by atoms with Crippen LogP contribution in [0.4, 0.5) is 5.69 Å². The van der Waals surface area contributed by atoms with Gasteiger partial charge < -0.3 is 10.1 Å². The van der Waals surface area contributed by atoms with E-state index in [2.05, 4.69) is 48.3 Å². The Kier molecular flexibility index (Phi) is 4.97. The van der Waals surface area contributed by atoms with Crippen molar-refractivity contribution in [3.8, 4) is 5.75 Å². The van der Waals surface area contributed by atoms with E-state index in [1.807, 2.05) is 42.5 Å². The number of rotatable bonds is 6. The Bertz CT molecular complexity index is 810. The van der Waals surface area contributed by atoms with E-state index in [4.69, 9.17) is 4.74 Å². The molecule has 2 heteroatoms. The summed E-state index contributed by atoms with van der Waals surface area (Å²) in [6.45, 7) is 5.06. The highest BCUT2D eigenvalue weighted by atomic mass is 16.5. The SMILES string of the molecule is C=C(c1ccccc1)c1cc(OC)ccc1NCc1ccccc1. The van der Waals surface area contributed by atoms with Crippen LogP contribution in [-0.2, 0) is 6.54 Å². The normalized spacial score (nSPS) is 10.2. The third-order valence-corrected chi connectivity index (χ3v) is 4.00. The van der Waals surface area contributed by atoms with Gasteiger partial charge in [-0.25, -0.2) is 0 Å². The quantitative estimate of drug-likeness (QED) is 0.660. The second-order valence-corrected chi connectivity index (χ2v) is 5.60. The molecule has 24 heavy (non-hydrogen) atoms. The average Bonchev–Trinajstić information content (AvgIpc) is 2.67. The number of nitrogens with one attached hydrogen (secondary N) is 1. The minimum absolute atomic E-state index is 0.766. The summed E-state index contributed by atoms with van der Waals surface area (Å²) in [7, 11) is 1.68. The summed E-state index contributed by atoms with van der Waals surface area (Å²) in [5.41, 5.74) is 5.42. The maximum absolute atomic E-state index is 5.39.